The molecular formula is C17H23N5O3. The fraction of sp³-hybridized carbons (Fsp3) is 0.529. The van der Waals surface area contributed by atoms with Gasteiger partial charge in [-0.25, -0.2) is 4.68 Å². The van der Waals surface area contributed by atoms with Gasteiger partial charge in [-0.1, -0.05) is 17.3 Å². The molecule has 1 atom stereocenters. The van der Waals surface area contributed by atoms with E-state index >= 15 is 0 Å². The number of aryl methyl sites for hydroxylation is 1. The highest BCUT2D eigenvalue weighted by Gasteiger charge is 2.17. The first-order valence-electron chi connectivity index (χ1n) is 8.56. The molecule has 3 rings (SSSR count). The summed E-state index contributed by atoms with van der Waals surface area (Å²) in [5.74, 6) is -0.0954. The molecule has 0 radical (unpaired) electrons. The summed E-state index contributed by atoms with van der Waals surface area (Å²) < 4.78 is 6.57. The van der Waals surface area contributed by atoms with Gasteiger partial charge in [0.1, 0.15) is 5.52 Å². The summed E-state index contributed by atoms with van der Waals surface area (Å²) in [7, 11) is 0. The zero-order valence-electron chi connectivity index (χ0n) is 14.4. The molecule has 1 N–H and O–H groups in total. The maximum absolute atomic E-state index is 12.3. The van der Waals surface area contributed by atoms with Crippen LogP contribution in [0.15, 0.2) is 29.1 Å². The van der Waals surface area contributed by atoms with E-state index in [2.05, 4.69) is 27.5 Å². The fourth-order valence-electron chi connectivity index (χ4n) is 2.87. The molecule has 134 valence electrons. The zero-order valence-corrected chi connectivity index (χ0v) is 14.4. The predicted molar refractivity (Wildman–Crippen MR) is 93.3 cm³/mol. The third kappa shape index (κ3) is 4.40. The molecule has 1 aromatic heterocycles. The van der Waals surface area contributed by atoms with Crippen LogP contribution in [0.25, 0.3) is 10.9 Å². The largest absolute Gasteiger partial charge is 0.379 e. The molecule has 2 aromatic rings. The number of benzene rings is 1. The van der Waals surface area contributed by atoms with Gasteiger partial charge < -0.3 is 10.1 Å². The monoisotopic (exact) mass is 345 g/mol. The summed E-state index contributed by atoms with van der Waals surface area (Å²) in [5, 5.41) is 11.4. The molecule has 2 heterocycles. The van der Waals surface area contributed by atoms with Gasteiger partial charge in [0.05, 0.1) is 25.1 Å². The number of rotatable bonds is 6. The second-order valence-electron chi connectivity index (χ2n) is 6.19. The van der Waals surface area contributed by atoms with Crippen LogP contribution >= 0.6 is 0 Å². The van der Waals surface area contributed by atoms with Crippen molar-refractivity contribution < 1.29 is 9.53 Å². The third-order valence-electron chi connectivity index (χ3n) is 4.44. The Labute approximate surface area is 145 Å². The number of hydrogen-bond acceptors (Lipinski definition) is 6. The van der Waals surface area contributed by atoms with Crippen molar-refractivity contribution in [2.24, 2.45) is 0 Å². The standard InChI is InChI=1S/C17H23N5O3/c1-13(21-8-10-25-11-9-21)12-18-16(23)6-7-22-17(24)14-4-2-3-5-15(14)19-20-22/h2-5,13H,6-12H2,1H3,(H,18,23). The minimum Gasteiger partial charge on any atom is -0.379 e. The van der Waals surface area contributed by atoms with E-state index in [4.69, 9.17) is 4.74 Å². The molecule has 1 aliphatic heterocycles. The maximum Gasteiger partial charge on any atom is 0.277 e. The number of fused-ring (bicyclic) bond motifs is 1. The van der Waals surface area contributed by atoms with Crippen LogP contribution in [0, 0.1) is 0 Å². The molecule has 1 aromatic carbocycles. The van der Waals surface area contributed by atoms with Gasteiger partial charge in [0.2, 0.25) is 5.91 Å². The summed E-state index contributed by atoms with van der Waals surface area (Å²) in [4.78, 5) is 26.7. The van der Waals surface area contributed by atoms with Crippen LogP contribution in [-0.4, -0.2) is 64.7 Å². The summed E-state index contributed by atoms with van der Waals surface area (Å²) in [6.07, 6.45) is 0.197. The molecule has 1 unspecified atom stereocenters. The summed E-state index contributed by atoms with van der Waals surface area (Å²) in [6.45, 7) is 6.14. The first-order chi connectivity index (χ1) is 12.1. The Morgan fingerprint density at radius 3 is 2.88 bits per heavy atom. The second kappa shape index (κ2) is 8.17. The molecule has 1 amide bonds. The lowest BCUT2D eigenvalue weighted by Crippen LogP contribution is -2.47. The lowest BCUT2D eigenvalue weighted by atomic mass is 10.2. The highest BCUT2D eigenvalue weighted by atomic mass is 16.5. The topological polar surface area (TPSA) is 89.3 Å². The van der Waals surface area contributed by atoms with Crippen molar-refractivity contribution in [3.63, 3.8) is 0 Å². The lowest BCUT2D eigenvalue weighted by molar-refractivity contribution is -0.121. The van der Waals surface area contributed by atoms with Crippen LogP contribution < -0.4 is 10.9 Å². The van der Waals surface area contributed by atoms with Gasteiger partial charge in [-0.15, -0.1) is 5.10 Å². The van der Waals surface area contributed by atoms with Crippen molar-refractivity contribution in [2.45, 2.75) is 25.9 Å². The minimum atomic E-state index is -0.222. The Morgan fingerprint density at radius 1 is 1.32 bits per heavy atom. The number of morpholine rings is 1. The van der Waals surface area contributed by atoms with Crippen LogP contribution in [0.1, 0.15) is 13.3 Å². The molecule has 0 bridgehead atoms. The maximum atomic E-state index is 12.3. The number of ether oxygens (including phenoxy) is 1. The van der Waals surface area contributed by atoms with E-state index in [1.54, 1.807) is 18.2 Å². The molecule has 8 heteroatoms. The highest BCUT2D eigenvalue weighted by molar-refractivity contribution is 5.77. The Bertz CT molecular complexity index is 785. The molecule has 1 saturated heterocycles. The van der Waals surface area contributed by atoms with E-state index in [9.17, 15) is 9.59 Å². The van der Waals surface area contributed by atoms with Crippen LogP contribution in [-0.2, 0) is 16.1 Å². The molecule has 0 spiro atoms. The third-order valence-corrected chi connectivity index (χ3v) is 4.44. The lowest BCUT2D eigenvalue weighted by Gasteiger charge is -2.32. The average Bonchev–Trinajstić information content (AvgIpc) is 2.66. The minimum absolute atomic E-state index is 0.0954. The van der Waals surface area contributed by atoms with Crippen molar-refractivity contribution in [3.8, 4) is 0 Å². The molecular weight excluding hydrogens is 322 g/mol. The Balaban J connectivity index is 1.50. The van der Waals surface area contributed by atoms with Crippen LogP contribution in [0.3, 0.4) is 0 Å². The molecule has 0 aliphatic carbocycles. The Morgan fingerprint density at radius 2 is 2.08 bits per heavy atom. The van der Waals surface area contributed by atoms with E-state index in [1.165, 1.54) is 4.68 Å². The Hall–Kier alpha value is -2.32. The molecule has 25 heavy (non-hydrogen) atoms. The van der Waals surface area contributed by atoms with Gasteiger partial charge in [-0.2, -0.15) is 0 Å². The van der Waals surface area contributed by atoms with E-state index in [0.717, 1.165) is 26.3 Å². The van der Waals surface area contributed by atoms with Crippen LogP contribution in [0.2, 0.25) is 0 Å². The van der Waals surface area contributed by atoms with E-state index in [-0.39, 0.29) is 30.5 Å². The molecule has 0 saturated carbocycles. The number of carbonyl (C=O) groups is 1. The van der Waals surface area contributed by atoms with Gasteiger partial charge >= 0.3 is 0 Å². The number of hydrogen-bond donors (Lipinski definition) is 1. The van der Waals surface area contributed by atoms with Gasteiger partial charge in [0.25, 0.3) is 5.56 Å². The first-order valence-corrected chi connectivity index (χ1v) is 8.56. The summed E-state index contributed by atoms with van der Waals surface area (Å²) in [5.41, 5.74) is 0.340. The quantitative estimate of drug-likeness (QED) is 0.794. The highest BCUT2D eigenvalue weighted by Crippen LogP contribution is 2.04. The normalized spacial score (nSPS) is 16.7. The summed E-state index contributed by atoms with van der Waals surface area (Å²) in [6, 6.07) is 7.32. The van der Waals surface area contributed by atoms with Gasteiger partial charge in [0.15, 0.2) is 0 Å². The second-order valence-corrected chi connectivity index (χ2v) is 6.19. The number of nitrogens with zero attached hydrogens (tertiary/aromatic N) is 4. The van der Waals surface area contributed by atoms with Gasteiger partial charge in [-0.3, -0.25) is 14.5 Å². The SMILES string of the molecule is CC(CNC(=O)CCn1nnc2ccccc2c1=O)N1CCOCC1. The number of carbonyl (C=O) groups excluding carboxylic acids is 1. The number of nitrogens with one attached hydrogen (secondary N) is 1. The fourth-order valence-corrected chi connectivity index (χ4v) is 2.87. The average molecular weight is 345 g/mol. The van der Waals surface area contributed by atoms with Crippen LogP contribution in [0.5, 0.6) is 0 Å². The van der Waals surface area contributed by atoms with Crippen molar-refractivity contribution >= 4 is 16.8 Å². The molecule has 1 aliphatic rings. The molecule has 1 fully saturated rings. The first kappa shape index (κ1) is 17.5. The number of amides is 1. The molecule has 8 nitrogen and oxygen atoms in total. The zero-order chi connectivity index (χ0) is 17.6. The van der Waals surface area contributed by atoms with Crippen molar-refractivity contribution in [1.29, 1.82) is 0 Å². The van der Waals surface area contributed by atoms with Gasteiger partial charge in [0, 0.05) is 32.1 Å². The summed E-state index contributed by atoms with van der Waals surface area (Å²) >= 11 is 0. The van der Waals surface area contributed by atoms with Crippen LogP contribution in [0.4, 0.5) is 0 Å². The predicted octanol–water partition coefficient (Wildman–Crippen LogP) is 0.0185. The van der Waals surface area contributed by atoms with Crippen molar-refractivity contribution in [1.82, 2.24) is 25.2 Å². The number of aromatic nitrogens is 3. The van der Waals surface area contributed by atoms with Crippen molar-refractivity contribution in [3.05, 3.63) is 34.6 Å². The van der Waals surface area contributed by atoms with E-state index < -0.39 is 0 Å². The van der Waals surface area contributed by atoms with E-state index in [1.807, 2.05) is 6.07 Å². The Kier molecular flexibility index (Phi) is 5.72. The van der Waals surface area contributed by atoms with Crippen molar-refractivity contribution in [2.75, 3.05) is 32.8 Å². The van der Waals surface area contributed by atoms with E-state index in [0.29, 0.717) is 17.4 Å². The van der Waals surface area contributed by atoms with Gasteiger partial charge in [-0.05, 0) is 19.1 Å². The smallest absolute Gasteiger partial charge is 0.277 e.